The molecule has 0 saturated heterocycles. The van der Waals surface area contributed by atoms with Gasteiger partial charge in [0, 0.05) is 19.6 Å². The van der Waals surface area contributed by atoms with E-state index in [-0.39, 0.29) is 32.4 Å². The Morgan fingerprint density at radius 1 is 0.411 bits per heavy atom. The smallest absolute Gasteiger partial charge is 0.408 e. The zero-order chi connectivity index (χ0) is 43.3. The minimum atomic E-state index is -1.29. The van der Waals surface area contributed by atoms with Gasteiger partial charge in [-0.2, -0.15) is 0 Å². The van der Waals surface area contributed by atoms with Crippen LogP contribution in [-0.2, 0) is 33.3 Å². The average Bonchev–Trinajstić information content (AvgIpc) is 2.98. The summed E-state index contributed by atoms with van der Waals surface area (Å²) in [5.74, 6) is -2.45. The maximum atomic E-state index is 13.3. The van der Waals surface area contributed by atoms with E-state index in [4.69, 9.17) is 18.9 Å². The summed E-state index contributed by atoms with van der Waals surface area (Å²) in [7, 11) is 0. The van der Waals surface area contributed by atoms with Gasteiger partial charge >= 0.3 is 30.3 Å². The first-order chi connectivity index (χ1) is 25.6. The van der Waals surface area contributed by atoms with Gasteiger partial charge in [-0.1, -0.05) is 0 Å². The van der Waals surface area contributed by atoms with Gasteiger partial charge in [0.25, 0.3) is 0 Å². The van der Waals surface area contributed by atoms with Crippen LogP contribution in [-0.4, -0.2) is 107 Å². The summed E-state index contributed by atoms with van der Waals surface area (Å²) in [6, 6.07) is -3.33. The fraction of sp³-hybridized carbons (Fsp3) is 0.816. The molecular formula is C38H70N6O12. The van der Waals surface area contributed by atoms with Gasteiger partial charge < -0.3 is 56.0 Å². The molecule has 0 aliphatic rings. The van der Waals surface area contributed by atoms with Crippen molar-refractivity contribution in [2.24, 2.45) is 0 Å². The number of rotatable bonds is 21. The molecule has 0 unspecified atom stereocenters. The summed E-state index contributed by atoms with van der Waals surface area (Å²) >= 11 is 0. The minimum absolute atomic E-state index is 0.0279. The lowest BCUT2D eigenvalue weighted by Gasteiger charge is -2.24. The number of aliphatic carboxylic acids is 1. The van der Waals surface area contributed by atoms with Gasteiger partial charge in [0.1, 0.15) is 40.5 Å². The fourth-order valence-corrected chi connectivity index (χ4v) is 4.73. The van der Waals surface area contributed by atoms with Crippen molar-refractivity contribution in [3.05, 3.63) is 0 Å². The molecule has 0 aliphatic carbocycles. The van der Waals surface area contributed by atoms with E-state index in [2.05, 4.69) is 31.9 Å². The normalized spacial score (nSPS) is 13.5. The Balaban J connectivity index is 5.23. The number of carboxylic acids is 1. The first-order valence-electron chi connectivity index (χ1n) is 19.3. The van der Waals surface area contributed by atoms with Gasteiger partial charge in [-0.05, 0) is 141 Å². The van der Waals surface area contributed by atoms with Gasteiger partial charge in [0.15, 0.2) is 0 Å². The third-order valence-electron chi connectivity index (χ3n) is 7.02. The lowest BCUT2D eigenvalue weighted by atomic mass is 10.1. The topological polar surface area (TPSA) is 249 Å². The molecule has 0 aromatic rings. The minimum Gasteiger partial charge on any atom is -0.480 e. The van der Waals surface area contributed by atoms with Crippen molar-refractivity contribution in [3.63, 3.8) is 0 Å². The Labute approximate surface area is 332 Å². The van der Waals surface area contributed by atoms with Crippen LogP contribution in [0.5, 0.6) is 0 Å². The van der Waals surface area contributed by atoms with Crippen LogP contribution in [0.1, 0.15) is 141 Å². The van der Waals surface area contributed by atoms with E-state index in [1.807, 2.05) is 0 Å². The van der Waals surface area contributed by atoms with Crippen molar-refractivity contribution in [3.8, 4) is 0 Å². The van der Waals surface area contributed by atoms with Crippen LogP contribution < -0.4 is 31.9 Å². The van der Waals surface area contributed by atoms with E-state index in [1.165, 1.54) is 0 Å². The molecule has 7 N–H and O–H groups in total. The molecule has 0 aliphatic heterocycles. The van der Waals surface area contributed by atoms with E-state index >= 15 is 0 Å². The van der Waals surface area contributed by atoms with Crippen molar-refractivity contribution in [2.75, 3.05) is 19.6 Å². The standard InChI is InChI=1S/C38H70N6O12/c1-35(2,3)53-31(49)40-23-17-13-19-25(43-33(51)55-37(7,8)9)28(45)39-22-16-15-21-27(30(47)48)42-29(46)26(44-34(52)56-38(10,11)12)20-14-18-24-41-32(50)54-36(4,5)6/h25-27H,13-24H2,1-12H3,(H,39,45)(H,40,49)(H,41,50)(H,42,46)(H,43,51)(H,44,52)(H,47,48)/t25-,26-,27-/m1/s1. The molecule has 0 saturated carbocycles. The number of carbonyl (C=O) groups is 7. The SMILES string of the molecule is CC(C)(C)OC(=O)NCCCC[C@@H](NC(=O)OC(C)(C)C)C(=O)NCCCC[C@@H](NC(=O)[C@@H](CCCCNC(=O)OC(C)(C)C)NC(=O)OC(C)(C)C)C(=O)O. The first-order valence-corrected chi connectivity index (χ1v) is 19.3. The van der Waals surface area contributed by atoms with Gasteiger partial charge in [0.2, 0.25) is 11.8 Å². The van der Waals surface area contributed by atoms with Crippen LogP contribution in [0, 0.1) is 0 Å². The second-order valence-corrected chi connectivity index (χ2v) is 17.4. The van der Waals surface area contributed by atoms with Crippen molar-refractivity contribution in [1.29, 1.82) is 0 Å². The van der Waals surface area contributed by atoms with Crippen LogP contribution in [0.4, 0.5) is 19.2 Å². The number of ether oxygens (including phenoxy) is 4. The third kappa shape index (κ3) is 28.9. The van der Waals surface area contributed by atoms with E-state index in [0.29, 0.717) is 45.1 Å². The molecule has 18 heteroatoms. The van der Waals surface area contributed by atoms with Gasteiger partial charge in [0.05, 0.1) is 0 Å². The number of carboxylic acid groups (broad SMARTS) is 1. The summed E-state index contributed by atoms with van der Waals surface area (Å²) in [6.45, 7) is 21.3. The highest BCUT2D eigenvalue weighted by Gasteiger charge is 2.29. The molecule has 56 heavy (non-hydrogen) atoms. The molecule has 0 spiro atoms. The number of unbranched alkanes of at least 4 members (excludes halogenated alkanes) is 3. The number of carbonyl (C=O) groups excluding carboxylic acids is 6. The van der Waals surface area contributed by atoms with E-state index in [0.717, 1.165) is 0 Å². The van der Waals surface area contributed by atoms with E-state index in [1.54, 1.807) is 83.1 Å². The zero-order valence-corrected chi connectivity index (χ0v) is 35.7. The molecule has 0 rings (SSSR count). The molecule has 324 valence electrons. The number of nitrogens with one attached hydrogen (secondary N) is 6. The highest BCUT2D eigenvalue weighted by atomic mass is 16.6. The monoisotopic (exact) mass is 803 g/mol. The predicted molar refractivity (Wildman–Crippen MR) is 209 cm³/mol. The molecule has 3 atom stereocenters. The second-order valence-electron chi connectivity index (χ2n) is 17.4. The molecule has 0 aromatic carbocycles. The zero-order valence-electron chi connectivity index (χ0n) is 35.7. The third-order valence-corrected chi connectivity index (χ3v) is 7.02. The lowest BCUT2D eigenvalue weighted by molar-refractivity contribution is -0.142. The van der Waals surface area contributed by atoms with Crippen LogP contribution in [0.3, 0.4) is 0 Å². The van der Waals surface area contributed by atoms with E-state index in [9.17, 15) is 38.7 Å². The summed E-state index contributed by atoms with van der Waals surface area (Å²) in [6.07, 6.45) is 0.185. The van der Waals surface area contributed by atoms with Crippen LogP contribution in [0.25, 0.3) is 0 Å². The Kier molecular flexibility index (Phi) is 22.2. The molecule has 18 nitrogen and oxygen atoms in total. The molecule has 6 amide bonds. The quantitative estimate of drug-likeness (QED) is 0.0597. The summed E-state index contributed by atoms with van der Waals surface area (Å²) in [5.41, 5.74) is -2.92. The maximum absolute atomic E-state index is 13.3. The fourth-order valence-electron chi connectivity index (χ4n) is 4.73. The van der Waals surface area contributed by atoms with Crippen molar-refractivity contribution < 1.29 is 57.6 Å². The number of amides is 6. The Morgan fingerprint density at radius 2 is 0.714 bits per heavy atom. The largest absolute Gasteiger partial charge is 0.480 e. The van der Waals surface area contributed by atoms with Crippen molar-refractivity contribution in [1.82, 2.24) is 31.9 Å². The number of hydrogen-bond acceptors (Lipinski definition) is 11. The molecule has 0 aromatic heterocycles. The lowest BCUT2D eigenvalue weighted by Crippen LogP contribution is -2.52. The highest BCUT2D eigenvalue weighted by Crippen LogP contribution is 2.12. The van der Waals surface area contributed by atoms with Gasteiger partial charge in [-0.25, -0.2) is 24.0 Å². The molecule has 0 heterocycles. The van der Waals surface area contributed by atoms with Crippen LogP contribution in [0.15, 0.2) is 0 Å². The Bertz CT molecular complexity index is 1280. The Hall–Kier alpha value is -4.51. The van der Waals surface area contributed by atoms with Crippen molar-refractivity contribution >= 4 is 42.2 Å². The predicted octanol–water partition coefficient (Wildman–Crippen LogP) is 5.02. The molecule has 0 fully saturated rings. The summed E-state index contributed by atoms with van der Waals surface area (Å²) < 4.78 is 21.0. The Morgan fingerprint density at radius 3 is 1.05 bits per heavy atom. The van der Waals surface area contributed by atoms with Crippen LogP contribution in [0.2, 0.25) is 0 Å². The molecular weight excluding hydrogens is 732 g/mol. The average molecular weight is 803 g/mol. The summed E-state index contributed by atoms with van der Waals surface area (Å²) in [4.78, 5) is 87.3. The maximum Gasteiger partial charge on any atom is 0.408 e. The molecule has 0 radical (unpaired) electrons. The second kappa shape index (κ2) is 24.2. The highest BCUT2D eigenvalue weighted by molar-refractivity contribution is 5.89. The summed E-state index contributed by atoms with van der Waals surface area (Å²) in [5, 5.41) is 25.5. The van der Waals surface area contributed by atoms with Gasteiger partial charge in [-0.15, -0.1) is 0 Å². The number of hydrogen-bond donors (Lipinski definition) is 7. The van der Waals surface area contributed by atoms with Crippen LogP contribution >= 0.6 is 0 Å². The molecule has 0 bridgehead atoms. The van der Waals surface area contributed by atoms with Crippen molar-refractivity contribution in [2.45, 2.75) is 181 Å². The number of alkyl carbamates (subject to hydrolysis) is 4. The van der Waals surface area contributed by atoms with Gasteiger partial charge in [-0.3, -0.25) is 9.59 Å². The first kappa shape index (κ1) is 51.5. The van der Waals surface area contributed by atoms with E-state index < -0.39 is 82.7 Å².